The zero-order chi connectivity index (χ0) is 35.9. The van der Waals surface area contributed by atoms with Gasteiger partial charge in [0.25, 0.3) is 0 Å². The van der Waals surface area contributed by atoms with Gasteiger partial charge in [-0.15, -0.1) is 11.8 Å². The van der Waals surface area contributed by atoms with E-state index in [9.17, 15) is 0 Å². The number of ether oxygens (including phenoxy) is 3. The lowest BCUT2D eigenvalue weighted by Crippen LogP contribution is -2.47. The highest BCUT2D eigenvalue weighted by Crippen LogP contribution is 2.46. The second kappa shape index (κ2) is 16.0. The maximum absolute atomic E-state index is 6.00. The van der Waals surface area contributed by atoms with Gasteiger partial charge in [-0.05, 0) is 76.6 Å². The summed E-state index contributed by atoms with van der Waals surface area (Å²) in [7, 11) is 0. The molecule has 2 aliphatic heterocycles. The average Bonchev–Trinajstić information content (AvgIpc) is 3.90. The van der Waals surface area contributed by atoms with Crippen molar-refractivity contribution in [1.29, 1.82) is 0 Å². The van der Waals surface area contributed by atoms with Gasteiger partial charge in [-0.25, -0.2) is 0 Å². The molecule has 6 aromatic carbocycles. The van der Waals surface area contributed by atoms with Crippen LogP contribution in [0.5, 0.6) is 17.2 Å². The van der Waals surface area contributed by atoms with E-state index in [0.717, 1.165) is 58.5 Å². The van der Waals surface area contributed by atoms with Crippen LogP contribution in [0.15, 0.2) is 163 Å². The minimum atomic E-state index is -0.381. The van der Waals surface area contributed by atoms with Gasteiger partial charge in [-0.3, -0.25) is 4.90 Å². The van der Waals surface area contributed by atoms with E-state index in [1.54, 1.807) is 0 Å². The first-order chi connectivity index (χ1) is 26.2. The van der Waals surface area contributed by atoms with Gasteiger partial charge >= 0.3 is 0 Å². The summed E-state index contributed by atoms with van der Waals surface area (Å²) in [5.41, 5.74) is 8.78. The average molecular weight is 719 g/mol. The van der Waals surface area contributed by atoms with Crippen molar-refractivity contribution in [3.8, 4) is 28.4 Å². The zero-order valence-electron chi connectivity index (χ0n) is 29.8. The van der Waals surface area contributed by atoms with Crippen LogP contribution in [0.1, 0.15) is 34.7 Å². The number of fused-ring (bicyclic) bond motifs is 1. The summed E-state index contributed by atoms with van der Waals surface area (Å²) in [6.07, 6.45) is 0.991. The maximum Gasteiger partial charge on any atom is 0.231 e. The number of hydrogen-bond donors (Lipinski definition) is 0. The molecule has 8 rings (SSSR count). The van der Waals surface area contributed by atoms with E-state index >= 15 is 0 Å². The lowest BCUT2D eigenvalue weighted by atomic mass is 9.75. The van der Waals surface area contributed by atoms with Crippen molar-refractivity contribution in [3.05, 3.63) is 186 Å². The predicted octanol–water partition coefficient (Wildman–Crippen LogP) is 9.81. The van der Waals surface area contributed by atoms with E-state index in [1.807, 2.05) is 49.0 Å². The largest absolute Gasteiger partial charge is 0.490 e. The molecule has 7 heteroatoms. The highest BCUT2D eigenvalue weighted by molar-refractivity contribution is 8.00. The Morgan fingerprint density at radius 1 is 0.698 bits per heavy atom. The van der Waals surface area contributed by atoms with Crippen LogP contribution >= 0.6 is 11.8 Å². The van der Waals surface area contributed by atoms with Crippen molar-refractivity contribution in [2.24, 2.45) is 5.16 Å². The normalized spacial score (nSPS) is 15.7. The molecule has 2 aliphatic rings. The Morgan fingerprint density at radius 2 is 1.30 bits per heavy atom. The van der Waals surface area contributed by atoms with Gasteiger partial charge in [0.1, 0.15) is 12.4 Å². The number of hydrogen-bond acceptors (Lipinski definition) is 7. The Morgan fingerprint density at radius 3 is 1.94 bits per heavy atom. The summed E-state index contributed by atoms with van der Waals surface area (Å²) >= 11 is 2.04. The van der Waals surface area contributed by atoms with Gasteiger partial charge in [-0.1, -0.05) is 139 Å². The topological polar surface area (TPSA) is 52.5 Å². The highest BCUT2D eigenvalue weighted by Gasteiger charge is 2.45. The molecule has 53 heavy (non-hydrogen) atoms. The van der Waals surface area contributed by atoms with Crippen molar-refractivity contribution in [2.45, 2.75) is 24.1 Å². The molecule has 0 amide bonds. The first-order valence-corrected chi connectivity index (χ1v) is 19.1. The van der Waals surface area contributed by atoms with Crippen LogP contribution in [-0.4, -0.2) is 48.3 Å². The summed E-state index contributed by atoms with van der Waals surface area (Å²) in [5.74, 6) is 3.33. The van der Waals surface area contributed by atoms with E-state index < -0.39 is 0 Å². The highest BCUT2D eigenvalue weighted by atomic mass is 32.2. The van der Waals surface area contributed by atoms with E-state index in [4.69, 9.17) is 19.0 Å². The van der Waals surface area contributed by atoms with E-state index in [1.165, 1.54) is 22.3 Å². The summed E-state index contributed by atoms with van der Waals surface area (Å²) in [5, 5.41) is 4.79. The third kappa shape index (κ3) is 7.54. The van der Waals surface area contributed by atoms with Gasteiger partial charge in [0, 0.05) is 17.7 Å². The molecule has 1 fully saturated rings. The van der Waals surface area contributed by atoms with E-state index in [2.05, 4.69) is 137 Å². The van der Waals surface area contributed by atoms with Gasteiger partial charge in [-0.2, -0.15) is 0 Å². The molecule has 2 heterocycles. The zero-order valence-corrected chi connectivity index (χ0v) is 30.6. The molecule has 0 spiro atoms. The molecule has 0 radical (unpaired) electrons. The smallest absolute Gasteiger partial charge is 0.231 e. The Hall–Kier alpha value is -5.50. The van der Waals surface area contributed by atoms with Gasteiger partial charge < -0.3 is 19.0 Å². The summed E-state index contributed by atoms with van der Waals surface area (Å²) in [6, 6.07) is 55.6. The standard InChI is InChI=1S/C46H42N2O4S/c1-34(36-19-21-37(22-20-36)38-23-26-44-45(30-38)51-33-50-44)47-52-28-27-49-42-24-17-35(18-25-42)29-43-31-48(32-53-43)46(39-11-5-2-6-12-39,40-13-7-3-8-14-40)41-15-9-4-10-16-41/h2-26,30,43H,27-29,31-33H2,1H3. The molecule has 0 aromatic heterocycles. The van der Waals surface area contributed by atoms with Crippen molar-refractivity contribution < 1.29 is 19.0 Å². The fourth-order valence-electron chi connectivity index (χ4n) is 7.35. The predicted molar refractivity (Wildman–Crippen MR) is 214 cm³/mol. The fourth-order valence-corrected chi connectivity index (χ4v) is 8.63. The molecular formula is C46H42N2O4S. The van der Waals surface area contributed by atoms with Crippen molar-refractivity contribution in [3.63, 3.8) is 0 Å². The lowest BCUT2D eigenvalue weighted by molar-refractivity contribution is 0.107. The van der Waals surface area contributed by atoms with E-state index in [-0.39, 0.29) is 12.3 Å². The van der Waals surface area contributed by atoms with Crippen LogP contribution < -0.4 is 14.2 Å². The molecule has 0 aliphatic carbocycles. The number of benzene rings is 6. The second-order valence-corrected chi connectivity index (χ2v) is 14.6. The molecule has 1 saturated heterocycles. The number of thioether (sulfide) groups is 1. The lowest BCUT2D eigenvalue weighted by Gasteiger charge is -2.43. The minimum absolute atomic E-state index is 0.270. The fraction of sp³-hybridized carbons (Fsp3) is 0.196. The van der Waals surface area contributed by atoms with E-state index in [0.29, 0.717) is 18.5 Å². The molecule has 0 N–H and O–H groups in total. The summed E-state index contributed by atoms with van der Waals surface area (Å²) in [6.45, 7) is 3.96. The SMILES string of the molecule is CC(=NOCCOc1ccc(CC2CN(C(c3ccccc3)(c3ccccc3)c3ccccc3)CS2)cc1)c1ccc(-c2ccc3c(c2)OCO3)cc1. The number of nitrogens with zero attached hydrogens (tertiary/aromatic N) is 2. The maximum atomic E-state index is 6.00. The minimum Gasteiger partial charge on any atom is -0.490 e. The quantitative estimate of drug-likeness (QED) is 0.0513. The van der Waals surface area contributed by atoms with Gasteiger partial charge in [0.15, 0.2) is 18.1 Å². The molecule has 0 bridgehead atoms. The number of oxime groups is 1. The first kappa shape index (κ1) is 34.6. The Bertz CT molecular complexity index is 2030. The molecule has 1 unspecified atom stereocenters. The van der Waals surface area contributed by atoms with Crippen LogP contribution in [0.25, 0.3) is 11.1 Å². The van der Waals surface area contributed by atoms with Crippen LogP contribution in [0.3, 0.4) is 0 Å². The van der Waals surface area contributed by atoms with Crippen molar-refractivity contribution in [2.75, 3.05) is 32.4 Å². The van der Waals surface area contributed by atoms with Crippen molar-refractivity contribution >= 4 is 17.5 Å². The second-order valence-electron chi connectivity index (χ2n) is 13.3. The van der Waals surface area contributed by atoms with Crippen LogP contribution in [0.4, 0.5) is 0 Å². The molecule has 266 valence electrons. The number of rotatable bonds is 13. The molecule has 6 nitrogen and oxygen atoms in total. The van der Waals surface area contributed by atoms with Gasteiger partial charge in [0.2, 0.25) is 6.79 Å². The van der Waals surface area contributed by atoms with Crippen LogP contribution in [0.2, 0.25) is 0 Å². The molecule has 0 saturated carbocycles. The van der Waals surface area contributed by atoms with Gasteiger partial charge in [0.05, 0.1) is 11.3 Å². The third-order valence-corrected chi connectivity index (χ3v) is 11.2. The Balaban J connectivity index is 0.852. The Labute approximate surface area is 316 Å². The Kier molecular flexibility index (Phi) is 10.5. The summed E-state index contributed by atoms with van der Waals surface area (Å²) in [4.78, 5) is 8.27. The van der Waals surface area contributed by atoms with Crippen LogP contribution in [-0.2, 0) is 16.8 Å². The molecule has 1 atom stereocenters. The third-order valence-electron chi connectivity index (χ3n) is 9.98. The van der Waals surface area contributed by atoms with Crippen LogP contribution in [0, 0.1) is 0 Å². The summed E-state index contributed by atoms with van der Waals surface area (Å²) < 4.78 is 16.9. The molecular weight excluding hydrogens is 677 g/mol. The first-order valence-electron chi connectivity index (χ1n) is 18.1. The van der Waals surface area contributed by atoms with Crippen molar-refractivity contribution in [1.82, 2.24) is 4.90 Å². The molecule has 6 aromatic rings. The monoisotopic (exact) mass is 718 g/mol.